The molecule has 3 heteroatoms. The van der Waals surface area contributed by atoms with E-state index in [1.165, 1.54) is 10.4 Å². The molecule has 0 unspecified atom stereocenters. The molecule has 2 nitrogen and oxygen atoms in total. The summed E-state index contributed by atoms with van der Waals surface area (Å²) in [4.78, 5) is 17.6. The molecule has 0 amide bonds. The van der Waals surface area contributed by atoms with Gasteiger partial charge in [0.1, 0.15) is 10.7 Å². The van der Waals surface area contributed by atoms with Crippen molar-refractivity contribution in [2.24, 2.45) is 5.92 Å². The lowest BCUT2D eigenvalue weighted by Gasteiger charge is -2.06. The van der Waals surface area contributed by atoms with Gasteiger partial charge < -0.3 is 0 Å². The minimum Gasteiger partial charge on any atom is -0.292 e. The summed E-state index contributed by atoms with van der Waals surface area (Å²) in [5, 5.41) is 0.987. The van der Waals surface area contributed by atoms with Gasteiger partial charge in [0, 0.05) is 16.9 Å². The SMILES string of the molecule is CC(C)Cc1ccc(-c2nc3c(s2)CCCC3=O)cc1. The van der Waals surface area contributed by atoms with Gasteiger partial charge in [0.25, 0.3) is 0 Å². The number of rotatable bonds is 3. The molecule has 1 aliphatic rings. The second-order valence-corrected chi connectivity index (χ2v) is 6.95. The second-order valence-electron chi connectivity index (χ2n) is 5.86. The normalized spacial score (nSPS) is 14.7. The van der Waals surface area contributed by atoms with Gasteiger partial charge in [-0.1, -0.05) is 38.1 Å². The summed E-state index contributed by atoms with van der Waals surface area (Å²) in [5.74, 6) is 0.885. The number of carbonyl (C=O) groups is 1. The minimum atomic E-state index is 0.213. The summed E-state index contributed by atoms with van der Waals surface area (Å²) in [5.41, 5.74) is 3.22. The van der Waals surface area contributed by atoms with E-state index in [-0.39, 0.29) is 5.78 Å². The van der Waals surface area contributed by atoms with Crippen LogP contribution in [0.25, 0.3) is 10.6 Å². The highest BCUT2D eigenvalue weighted by atomic mass is 32.1. The van der Waals surface area contributed by atoms with Crippen molar-refractivity contribution in [1.29, 1.82) is 0 Å². The maximum absolute atomic E-state index is 11.8. The molecule has 0 fully saturated rings. The zero-order chi connectivity index (χ0) is 14.1. The van der Waals surface area contributed by atoms with E-state index >= 15 is 0 Å². The monoisotopic (exact) mass is 285 g/mol. The van der Waals surface area contributed by atoms with Crippen molar-refractivity contribution in [3.63, 3.8) is 0 Å². The van der Waals surface area contributed by atoms with E-state index in [2.05, 4.69) is 43.1 Å². The molecule has 104 valence electrons. The number of benzene rings is 1. The van der Waals surface area contributed by atoms with Crippen molar-refractivity contribution < 1.29 is 4.79 Å². The van der Waals surface area contributed by atoms with Crippen LogP contribution in [0.3, 0.4) is 0 Å². The molecular formula is C17H19NOS. The Hall–Kier alpha value is -1.48. The van der Waals surface area contributed by atoms with Crippen LogP contribution < -0.4 is 0 Å². The maximum Gasteiger partial charge on any atom is 0.182 e. The third-order valence-electron chi connectivity index (χ3n) is 3.61. The summed E-state index contributed by atoms with van der Waals surface area (Å²) >= 11 is 1.68. The summed E-state index contributed by atoms with van der Waals surface area (Å²) in [6.07, 6.45) is 3.74. The Kier molecular flexibility index (Phi) is 3.70. The van der Waals surface area contributed by atoms with Gasteiger partial charge in [-0.2, -0.15) is 0 Å². The maximum atomic E-state index is 11.8. The number of hydrogen-bond donors (Lipinski definition) is 0. The highest BCUT2D eigenvalue weighted by Gasteiger charge is 2.22. The second kappa shape index (κ2) is 5.49. The summed E-state index contributed by atoms with van der Waals surface area (Å²) < 4.78 is 0. The van der Waals surface area contributed by atoms with Gasteiger partial charge in [-0.3, -0.25) is 4.79 Å². The largest absolute Gasteiger partial charge is 0.292 e. The molecule has 1 aromatic carbocycles. The van der Waals surface area contributed by atoms with E-state index in [0.717, 1.165) is 35.5 Å². The molecule has 1 heterocycles. The number of Topliss-reactive ketones (excluding diaryl/α,β-unsaturated/α-hetero) is 1. The average molecular weight is 285 g/mol. The van der Waals surface area contributed by atoms with Crippen molar-refractivity contribution in [3.8, 4) is 10.6 Å². The number of aromatic nitrogens is 1. The number of aryl methyl sites for hydroxylation is 1. The third kappa shape index (κ3) is 2.68. The molecule has 0 aliphatic heterocycles. The molecule has 0 radical (unpaired) electrons. The van der Waals surface area contributed by atoms with Gasteiger partial charge in [0.15, 0.2) is 5.78 Å². The number of carbonyl (C=O) groups excluding carboxylic acids is 1. The average Bonchev–Trinajstić information content (AvgIpc) is 2.84. The van der Waals surface area contributed by atoms with Crippen molar-refractivity contribution in [1.82, 2.24) is 4.98 Å². The highest BCUT2D eigenvalue weighted by molar-refractivity contribution is 7.15. The topological polar surface area (TPSA) is 30.0 Å². The van der Waals surface area contributed by atoms with Crippen LogP contribution >= 0.6 is 11.3 Å². The Labute approximate surface area is 123 Å². The molecular weight excluding hydrogens is 266 g/mol. The molecule has 20 heavy (non-hydrogen) atoms. The van der Waals surface area contributed by atoms with E-state index in [4.69, 9.17) is 0 Å². The van der Waals surface area contributed by atoms with Crippen LogP contribution in [0.2, 0.25) is 0 Å². The van der Waals surface area contributed by atoms with Gasteiger partial charge in [0.05, 0.1) is 0 Å². The summed E-state index contributed by atoms with van der Waals surface area (Å²) in [6.45, 7) is 4.46. The fourth-order valence-electron chi connectivity index (χ4n) is 2.65. The van der Waals surface area contributed by atoms with E-state index in [1.807, 2.05) is 0 Å². The minimum absolute atomic E-state index is 0.213. The van der Waals surface area contributed by atoms with Crippen molar-refractivity contribution in [2.45, 2.75) is 39.5 Å². The molecule has 2 aromatic rings. The van der Waals surface area contributed by atoms with Gasteiger partial charge in [-0.15, -0.1) is 11.3 Å². The molecule has 1 aromatic heterocycles. The number of nitrogens with zero attached hydrogens (tertiary/aromatic N) is 1. The Balaban J connectivity index is 1.88. The van der Waals surface area contributed by atoms with Gasteiger partial charge in [0.2, 0.25) is 0 Å². The Morgan fingerprint density at radius 1 is 1.20 bits per heavy atom. The molecule has 0 spiro atoms. The lowest BCUT2D eigenvalue weighted by molar-refractivity contribution is 0.0968. The lowest BCUT2D eigenvalue weighted by Crippen LogP contribution is -2.08. The van der Waals surface area contributed by atoms with E-state index in [9.17, 15) is 4.79 Å². The van der Waals surface area contributed by atoms with E-state index in [0.29, 0.717) is 12.3 Å². The van der Waals surface area contributed by atoms with E-state index in [1.54, 1.807) is 11.3 Å². The fraction of sp³-hybridized carbons (Fsp3) is 0.412. The first-order valence-corrected chi connectivity index (χ1v) is 8.07. The summed E-state index contributed by atoms with van der Waals surface area (Å²) in [6, 6.07) is 8.62. The van der Waals surface area contributed by atoms with Gasteiger partial charge >= 0.3 is 0 Å². The Morgan fingerprint density at radius 2 is 1.95 bits per heavy atom. The highest BCUT2D eigenvalue weighted by Crippen LogP contribution is 2.32. The van der Waals surface area contributed by atoms with Gasteiger partial charge in [-0.25, -0.2) is 4.98 Å². The van der Waals surface area contributed by atoms with Crippen LogP contribution in [0.4, 0.5) is 0 Å². The number of thiazole rings is 1. The molecule has 0 atom stereocenters. The molecule has 1 aliphatic carbocycles. The number of hydrogen-bond acceptors (Lipinski definition) is 3. The fourth-order valence-corrected chi connectivity index (χ4v) is 3.77. The predicted molar refractivity (Wildman–Crippen MR) is 83.4 cm³/mol. The van der Waals surface area contributed by atoms with Crippen molar-refractivity contribution >= 4 is 17.1 Å². The van der Waals surface area contributed by atoms with Crippen LogP contribution in [0.1, 0.15) is 47.6 Å². The first kappa shape index (κ1) is 13.5. The predicted octanol–water partition coefficient (Wildman–Crippen LogP) is 4.53. The number of fused-ring (bicyclic) bond motifs is 1. The smallest absolute Gasteiger partial charge is 0.182 e. The Bertz CT molecular complexity index is 625. The first-order chi connectivity index (χ1) is 9.63. The number of ketones is 1. The molecule has 3 rings (SSSR count). The standard InChI is InChI=1S/C17H19NOS/c1-11(2)10-12-6-8-13(9-7-12)17-18-16-14(19)4-3-5-15(16)20-17/h6-9,11H,3-5,10H2,1-2H3. The zero-order valence-corrected chi connectivity index (χ0v) is 12.8. The summed E-state index contributed by atoms with van der Waals surface area (Å²) in [7, 11) is 0. The quantitative estimate of drug-likeness (QED) is 0.829. The molecule has 0 N–H and O–H groups in total. The van der Waals surface area contributed by atoms with Crippen molar-refractivity contribution in [3.05, 3.63) is 40.4 Å². The molecule has 0 saturated carbocycles. The lowest BCUT2D eigenvalue weighted by atomic mass is 10.0. The van der Waals surface area contributed by atoms with Crippen LogP contribution in [-0.4, -0.2) is 10.8 Å². The van der Waals surface area contributed by atoms with Crippen LogP contribution in [0, 0.1) is 5.92 Å². The van der Waals surface area contributed by atoms with Crippen LogP contribution in [-0.2, 0) is 12.8 Å². The van der Waals surface area contributed by atoms with Crippen LogP contribution in [0.5, 0.6) is 0 Å². The van der Waals surface area contributed by atoms with E-state index < -0.39 is 0 Å². The zero-order valence-electron chi connectivity index (χ0n) is 12.0. The third-order valence-corrected chi connectivity index (χ3v) is 4.78. The van der Waals surface area contributed by atoms with Gasteiger partial charge in [-0.05, 0) is 30.7 Å². The van der Waals surface area contributed by atoms with Crippen LogP contribution in [0.15, 0.2) is 24.3 Å². The molecule has 0 bridgehead atoms. The Morgan fingerprint density at radius 3 is 2.60 bits per heavy atom. The first-order valence-electron chi connectivity index (χ1n) is 7.25. The van der Waals surface area contributed by atoms with Crippen molar-refractivity contribution in [2.75, 3.05) is 0 Å². The molecule has 0 saturated heterocycles.